The minimum atomic E-state index is -1.86. The maximum Gasteiger partial charge on any atom is 0.407 e. The molecule has 20 nitrogen and oxygen atoms in total. The van der Waals surface area contributed by atoms with Gasteiger partial charge in [0.2, 0.25) is 29.5 Å². The van der Waals surface area contributed by atoms with E-state index in [4.69, 9.17) is 19.2 Å². The van der Waals surface area contributed by atoms with Crippen molar-refractivity contribution in [3.8, 4) is 11.1 Å². The van der Waals surface area contributed by atoms with Crippen molar-refractivity contribution in [3.63, 3.8) is 0 Å². The van der Waals surface area contributed by atoms with E-state index in [0.717, 1.165) is 38.9 Å². The lowest BCUT2D eigenvalue weighted by molar-refractivity contribution is -0.146. The fourth-order valence-electron chi connectivity index (χ4n) is 11.8. The SMILES string of the molecule is C[C@@H](OC(C)(C)C)[C@H](NC(=O)CNC(=O)[C@H](CCC(=O)OCc1ccccc1)NC(=O)C(C)(C)NC(=O)[C@H](Cc1cn(C(c2ccccc2)(c2ccccc2)c2ccccc2)cn1)NC(=O)OCC1c2ccccc2-c2ccccc21)C(=O)N[C@@H](Cc1ccccc1)C(=O)O. The van der Waals surface area contributed by atoms with E-state index in [0.29, 0.717) is 16.8 Å². The number of ether oxygens (including phenoxy) is 3. The number of hydrogen-bond acceptors (Lipinski definition) is 12. The first kappa shape index (κ1) is 68.6. The zero-order chi connectivity index (χ0) is 67.7. The monoisotopic (exact) mass is 1280 g/mol. The molecule has 0 aliphatic heterocycles. The van der Waals surface area contributed by atoms with Crippen LogP contribution in [0.3, 0.4) is 0 Å². The molecule has 1 aliphatic rings. The Morgan fingerprint density at radius 2 is 1.07 bits per heavy atom. The Morgan fingerprint density at radius 3 is 1.61 bits per heavy atom. The van der Waals surface area contributed by atoms with Gasteiger partial charge in [-0.1, -0.05) is 200 Å². The number of imidazole rings is 1. The van der Waals surface area contributed by atoms with Crippen LogP contribution < -0.4 is 31.9 Å². The van der Waals surface area contributed by atoms with Crippen LogP contribution >= 0.6 is 0 Å². The summed E-state index contributed by atoms with van der Waals surface area (Å²) in [5.41, 5.74) is 4.80. The number of alkyl carbamates (subject to hydrolysis) is 1. The Balaban J connectivity index is 0.954. The molecule has 0 radical (unpaired) electrons. The Kier molecular flexibility index (Phi) is 22.6. The number of aliphatic carboxylic acids is 1. The van der Waals surface area contributed by atoms with Crippen LogP contribution in [0.5, 0.6) is 0 Å². The molecule has 0 saturated carbocycles. The van der Waals surface area contributed by atoms with Gasteiger partial charge in [0.05, 0.1) is 30.3 Å². The summed E-state index contributed by atoms with van der Waals surface area (Å²) >= 11 is 0. The highest BCUT2D eigenvalue weighted by Crippen LogP contribution is 2.45. The number of rotatable bonds is 29. The smallest absolute Gasteiger partial charge is 0.407 e. The van der Waals surface area contributed by atoms with E-state index in [1.54, 1.807) is 81.7 Å². The highest BCUT2D eigenvalue weighted by molar-refractivity contribution is 5.97. The fourth-order valence-corrected chi connectivity index (χ4v) is 11.8. The summed E-state index contributed by atoms with van der Waals surface area (Å²) in [7, 11) is 0. The molecule has 5 atom stereocenters. The van der Waals surface area contributed by atoms with Crippen molar-refractivity contribution >= 4 is 47.6 Å². The van der Waals surface area contributed by atoms with Gasteiger partial charge in [0, 0.05) is 31.4 Å². The fraction of sp³-hybridized carbons (Fsp3) is 0.293. The molecule has 6 amide bonds. The van der Waals surface area contributed by atoms with Gasteiger partial charge in [0.25, 0.3) is 0 Å². The standard InChI is InChI=1S/C75H80N8O12/c1-49(95-73(2,3)4)66(69(88)78-63(70(89)90)42-50-26-12-7-13-27-50)81-64(84)44-76-67(86)61(40-41-65(85)93-46-51-28-14-8-15-29-51)79-71(91)74(5,6)82-68(87)62(80-72(92)94-47-60-58-38-24-22-36-56(58)57-37-23-25-39-59(57)60)43-55-45-83(48-77-55)75(52-30-16-9-17-31-52,53-32-18-10-19-33-53)54-34-20-11-21-35-54/h7-39,45,48-49,60-63,66H,40-44,46-47H2,1-6H3,(H,76,86)(H,78,88)(H,79,91)(H,80,92)(H,81,84)(H,82,87)(H,89,90)/t49-,61+,62+,63+,66+/m1/s1. The molecule has 1 aliphatic carbocycles. The van der Waals surface area contributed by atoms with Crippen molar-refractivity contribution in [2.75, 3.05) is 13.2 Å². The van der Waals surface area contributed by atoms with E-state index in [1.165, 1.54) is 20.8 Å². The molecule has 9 rings (SSSR count). The molecule has 7 N–H and O–H groups in total. The summed E-state index contributed by atoms with van der Waals surface area (Å²) in [4.78, 5) is 117. The average Bonchev–Trinajstić information content (AvgIpc) is 1.73. The van der Waals surface area contributed by atoms with Crippen molar-refractivity contribution < 1.29 is 57.7 Å². The summed E-state index contributed by atoms with van der Waals surface area (Å²) in [6.07, 6.45) is 0.555. The van der Waals surface area contributed by atoms with Crippen LogP contribution in [0.25, 0.3) is 11.1 Å². The van der Waals surface area contributed by atoms with Crippen LogP contribution in [0.2, 0.25) is 0 Å². The molecule has 1 heterocycles. The summed E-state index contributed by atoms with van der Waals surface area (Å²) in [5.74, 6) is -6.74. The maximum atomic E-state index is 15.0. The van der Waals surface area contributed by atoms with E-state index in [1.807, 2.05) is 156 Å². The topological polar surface area (TPSA) is 274 Å². The number of amides is 6. The molecule has 1 aromatic heterocycles. The lowest BCUT2D eigenvalue weighted by atomic mass is 9.77. The third-order valence-electron chi connectivity index (χ3n) is 16.4. The van der Waals surface area contributed by atoms with E-state index >= 15 is 4.79 Å². The second-order valence-electron chi connectivity index (χ2n) is 24.9. The predicted octanol–water partition coefficient (Wildman–Crippen LogP) is 8.69. The van der Waals surface area contributed by atoms with Crippen LogP contribution in [0, 0.1) is 0 Å². The first-order valence-electron chi connectivity index (χ1n) is 31.6. The van der Waals surface area contributed by atoms with Gasteiger partial charge in [-0.25, -0.2) is 14.6 Å². The minimum absolute atomic E-state index is 0.0627. The van der Waals surface area contributed by atoms with Gasteiger partial charge < -0.3 is 55.8 Å². The predicted molar refractivity (Wildman–Crippen MR) is 357 cm³/mol. The molecule has 20 heteroatoms. The number of carboxylic acids is 1. The number of esters is 1. The molecule has 95 heavy (non-hydrogen) atoms. The van der Waals surface area contributed by atoms with Gasteiger partial charge in [-0.3, -0.25) is 28.8 Å². The van der Waals surface area contributed by atoms with Gasteiger partial charge in [0.1, 0.15) is 48.5 Å². The lowest BCUT2D eigenvalue weighted by Gasteiger charge is -2.37. The Hall–Kier alpha value is -10.7. The lowest BCUT2D eigenvalue weighted by Crippen LogP contribution is -2.62. The second-order valence-corrected chi connectivity index (χ2v) is 24.9. The van der Waals surface area contributed by atoms with Gasteiger partial charge in [-0.15, -0.1) is 0 Å². The van der Waals surface area contributed by atoms with Gasteiger partial charge in [-0.05, 0) is 98.0 Å². The normalized spacial score (nSPS) is 13.6. The van der Waals surface area contributed by atoms with E-state index in [9.17, 15) is 38.7 Å². The zero-order valence-corrected chi connectivity index (χ0v) is 54.0. The minimum Gasteiger partial charge on any atom is -0.480 e. The van der Waals surface area contributed by atoms with E-state index < -0.39 is 101 Å². The van der Waals surface area contributed by atoms with E-state index in [-0.39, 0.29) is 44.8 Å². The second kappa shape index (κ2) is 31.3. The number of carbonyl (C=O) groups is 8. The molecular weight excluding hydrogens is 1200 g/mol. The summed E-state index contributed by atoms with van der Waals surface area (Å²) < 4.78 is 19.5. The molecule has 0 saturated heterocycles. The molecule has 0 bridgehead atoms. The highest BCUT2D eigenvalue weighted by atomic mass is 16.5. The quantitative estimate of drug-likeness (QED) is 0.0171. The Bertz CT molecular complexity index is 3810. The number of aromatic nitrogens is 2. The highest BCUT2D eigenvalue weighted by Gasteiger charge is 2.41. The van der Waals surface area contributed by atoms with Crippen molar-refractivity contribution in [1.82, 2.24) is 41.5 Å². The van der Waals surface area contributed by atoms with Crippen LogP contribution in [0.1, 0.15) is 105 Å². The van der Waals surface area contributed by atoms with Gasteiger partial charge >= 0.3 is 18.0 Å². The molecule has 0 fully saturated rings. The number of fused-ring (bicyclic) bond motifs is 3. The molecule has 0 unspecified atom stereocenters. The summed E-state index contributed by atoms with van der Waals surface area (Å²) in [6, 6.07) is 57.3. The number of nitrogens with zero attached hydrogens (tertiary/aromatic N) is 2. The summed E-state index contributed by atoms with van der Waals surface area (Å²) in [5, 5.41) is 25.9. The first-order chi connectivity index (χ1) is 45.6. The third-order valence-corrected chi connectivity index (χ3v) is 16.4. The van der Waals surface area contributed by atoms with Crippen LogP contribution in [0.4, 0.5) is 4.79 Å². The third kappa shape index (κ3) is 17.7. The number of nitrogens with one attached hydrogen (secondary N) is 6. The number of carbonyl (C=O) groups excluding carboxylic acids is 7. The molecule has 7 aromatic carbocycles. The Morgan fingerprint density at radius 1 is 0.558 bits per heavy atom. The summed E-state index contributed by atoms with van der Waals surface area (Å²) in [6.45, 7) is 8.63. The molecule has 8 aromatic rings. The van der Waals surface area contributed by atoms with Crippen LogP contribution in [0.15, 0.2) is 213 Å². The van der Waals surface area contributed by atoms with Crippen molar-refractivity contribution in [2.24, 2.45) is 0 Å². The first-order valence-corrected chi connectivity index (χ1v) is 31.6. The van der Waals surface area contributed by atoms with E-state index in [2.05, 4.69) is 31.9 Å². The Labute approximate surface area is 552 Å². The van der Waals surface area contributed by atoms with Crippen molar-refractivity contribution in [3.05, 3.63) is 257 Å². The molecule has 492 valence electrons. The number of carboxylic acid groups (broad SMARTS) is 1. The largest absolute Gasteiger partial charge is 0.480 e. The zero-order valence-electron chi connectivity index (χ0n) is 54.0. The van der Waals surface area contributed by atoms with Crippen molar-refractivity contribution in [2.45, 2.75) is 127 Å². The van der Waals surface area contributed by atoms with Crippen LogP contribution in [-0.4, -0.2) is 117 Å². The molecular formula is C75H80N8O12. The number of benzene rings is 7. The average molecular weight is 1290 g/mol. The number of hydrogen-bond donors (Lipinski definition) is 7. The van der Waals surface area contributed by atoms with Gasteiger partial charge in [0.15, 0.2) is 0 Å². The van der Waals surface area contributed by atoms with Crippen LogP contribution in [-0.2, 0) is 72.8 Å². The van der Waals surface area contributed by atoms with Gasteiger partial charge in [-0.2, -0.15) is 0 Å². The maximum absolute atomic E-state index is 15.0. The molecule has 0 spiro atoms. The van der Waals surface area contributed by atoms with Crippen molar-refractivity contribution in [1.29, 1.82) is 0 Å².